The van der Waals surface area contributed by atoms with E-state index >= 15 is 0 Å². The maximum atomic E-state index is 12.8. The fourth-order valence-corrected chi connectivity index (χ4v) is 4.02. The lowest BCUT2D eigenvalue weighted by atomic mass is 9.74. The number of carbonyl (C=O) groups excluding carboxylic acids is 1. The number of methoxy groups -OCH3 is 1. The molecule has 1 heterocycles. The van der Waals surface area contributed by atoms with Crippen molar-refractivity contribution >= 4 is 5.91 Å². The summed E-state index contributed by atoms with van der Waals surface area (Å²) in [5, 5.41) is 13.0. The highest BCUT2D eigenvalue weighted by atomic mass is 16.5. The van der Waals surface area contributed by atoms with E-state index in [2.05, 4.69) is 11.4 Å². The third-order valence-corrected chi connectivity index (χ3v) is 5.55. The number of hydrogen-bond acceptors (Lipinski definition) is 4. The first-order valence-electron chi connectivity index (χ1n) is 9.49. The Labute approximate surface area is 159 Å². The van der Waals surface area contributed by atoms with Gasteiger partial charge < -0.3 is 19.9 Å². The van der Waals surface area contributed by atoms with Gasteiger partial charge in [0.2, 0.25) is 5.91 Å². The van der Waals surface area contributed by atoms with Crippen molar-refractivity contribution in [2.45, 2.75) is 37.8 Å². The summed E-state index contributed by atoms with van der Waals surface area (Å²) in [6.07, 6.45) is 2.34. The molecule has 2 aliphatic rings. The van der Waals surface area contributed by atoms with E-state index in [0.717, 1.165) is 29.0 Å². The average Bonchev–Trinajstić information content (AvgIpc) is 3.12. The normalized spacial score (nSPS) is 21.6. The van der Waals surface area contributed by atoms with Crippen LogP contribution in [0.2, 0.25) is 0 Å². The Bertz CT molecular complexity index is 829. The van der Waals surface area contributed by atoms with Gasteiger partial charge in [-0.1, -0.05) is 24.3 Å². The number of benzene rings is 2. The highest BCUT2D eigenvalue weighted by Gasteiger charge is 2.36. The maximum absolute atomic E-state index is 12.8. The first kappa shape index (κ1) is 17.9. The minimum atomic E-state index is -0.263. The van der Waals surface area contributed by atoms with Crippen molar-refractivity contribution in [2.24, 2.45) is 5.92 Å². The second-order valence-electron chi connectivity index (χ2n) is 7.38. The molecule has 2 aromatic rings. The molecule has 1 saturated carbocycles. The van der Waals surface area contributed by atoms with Crippen LogP contribution in [0.25, 0.3) is 0 Å². The fourth-order valence-electron chi connectivity index (χ4n) is 4.02. The van der Waals surface area contributed by atoms with Crippen LogP contribution in [0.3, 0.4) is 0 Å². The molecule has 0 saturated heterocycles. The van der Waals surface area contributed by atoms with E-state index in [1.807, 2.05) is 36.4 Å². The molecule has 4 rings (SSSR count). The van der Waals surface area contributed by atoms with E-state index in [-0.39, 0.29) is 30.4 Å². The van der Waals surface area contributed by atoms with Gasteiger partial charge in [0.15, 0.2) is 0 Å². The number of hydrogen-bond donors (Lipinski definition) is 2. The molecule has 0 radical (unpaired) electrons. The van der Waals surface area contributed by atoms with Gasteiger partial charge in [-0.3, -0.25) is 4.79 Å². The lowest BCUT2D eigenvalue weighted by molar-refractivity contribution is -0.122. The number of amides is 1. The van der Waals surface area contributed by atoms with Crippen molar-refractivity contribution in [2.75, 3.05) is 13.7 Å². The second kappa shape index (κ2) is 7.61. The molecule has 0 bridgehead atoms. The number of aliphatic hydroxyl groups excluding tert-OH is 1. The molecule has 1 aliphatic heterocycles. The third-order valence-electron chi connectivity index (χ3n) is 5.55. The van der Waals surface area contributed by atoms with Crippen LogP contribution in [0.15, 0.2) is 42.5 Å². The van der Waals surface area contributed by atoms with Crippen molar-refractivity contribution in [3.63, 3.8) is 0 Å². The molecule has 0 unspecified atom stereocenters. The predicted molar refractivity (Wildman–Crippen MR) is 102 cm³/mol. The van der Waals surface area contributed by atoms with E-state index in [9.17, 15) is 9.90 Å². The lowest BCUT2D eigenvalue weighted by Gasteiger charge is -2.38. The van der Waals surface area contributed by atoms with Crippen molar-refractivity contribution in [3.8, 4) is 11.5 Å². The van der Waals surface area contributed by atoms with Crippen molar-refractivity contribution in [1.29, 1.82) is 0 Å². The summed E-state index contributed by atoms with van der Waals surface area (Å²) in [5.74, 6) is 1.87. The molecule has 1 fully saturated rings. The molecular weight excluding hydrogens is 342 g/mol. The SMILES string of the molecule is COc1ccccc1CC(=O)N[C@H](c1ccc2c(c1)CCO2)C1CC(O)C1. The van der Waals surface area contributed by atoms with E-state index in [0.29, 0.717) is 19.4 Å². The largest absolute Gasteiger partial charge is 0.496 e. The zero-order chi connectivity index (χ0) is 18.8. The second-order valence-corrected chi connectivity index (χ2v) is 7.38. The minimum absolute atomic E-state index is 0.0392. The number of carbonyl (C=O) groups is 1. The number of aliphatic hydroxyl groups is 1. The van der Waals surface area contributed by atoms with E-state index in [1.165, 1.54) is 5.56 Å². The van der Waals surface area contributed by atoms with Gasteiger partial charge in [-0.2, -0.15) is 0 Å². The smallest absolute Gasteiger partial charge is 0.225 e. The Morgan fingerprint density at radius 1 is 1.30 bits per heavy atom. The molecule has 5 nitrogen and oxygen atoms in total. The highest BCUT2D eigenvalue weighted by Crippen LogP contribution is 2.39. The number of nitrogens with one attached hydrogen (secondary N) is 1. The van der Waals surface area contributed by atoms with Gasteiger partial charge in [0.1, 0.15) is 11.5 Å². The number of fused-ring (bicyclic) bond motifs is 1. The van der Waals surface area contributed by atoms with Crippen LogP contribution in [0, 0.1) is 5.92 Å². The Morgan fingerprint density at radius 3 is 2.89 bits per heavy atom. The van der Waals surface area contributed by atoms with Gasteiger partial charge in [-0.15, -0.1) is 0 Å². The molecule has 5 heteroatoms. The molecular formula is C22H25NO4. The number of ether oxygens (including phenoxy) is 2. The highest BCUT2D eigenvalue weighted by molar-refractivity contribution is 5.80. The van der Waals surface area contributed by atoms with Crippen LogP contribution >= 0.6 is 0 Å². The Balaban J connectivity index is 1.52. The number of para-hydroxylation sites is 1. The van der Waals surface area contributed by atoms with Gasteiger partial charge in [0.25, 0.3) is 0 Å². The summed E-state index contributed by atoms with van der Waals surface area (Å²) in [6.45, 7) is 0.714. The molecule has 142 valence electrons. The monoisotopic (exact) mass is 367 g/mol. The summed E-state index contributed by atoms with van der Waals surface area (Å²) < 4.78 is 10.9. The first-order valence-corrected chi connectivity index (χ1v) is 9.49. The van der Waals surface area contributed by atoms with Crippen LogP contribution in [0.5, 0.6) is 11.5 Å². The summed E-state index contributed by atoms with van der Waals surface area (Å²) in [5.41, 5.74) is 3.15. The summed E-state index contributed by atoms with van der Waals surface area (Å²) >= 11 is 0. The van der Waals surface area contributed by atoms with Gasteiger partial charge in [0.05, 0.1) is 32.3 Å². The standard InChI is InChI=1S/C22H25NO4/c1-26-19-5-3-2-4-14(19)13-21(25)23-22(17-11-18(24)12-17)16-6-7-20-15(10-16)8-9-27-20/h2-7,10,17-18,22,24H,8-9,11-13H2,1H3,(H,23,25)/t17?,18?,22-/m1/s1. The van der Waals surface area contributed by atoms with Crippen molar-refractivity contribution in [1.82, 2.24) is 5.32 Å². The molecule has 1 amide bonds. The summed E-state index contributed by atoms with van der Waals surface area (Å²) in [4.78, 5) is 12.8. The third kappa shape index (κ3) is 3.78. The van der Waals surface area contributed by atoms with Gasteiger partial charge in [0, 0.05) is 12.0 Å². The zero-order valence-electron chi connectivity index (χ0n) is 15.5. The Morgan fingerprint density at radius 2 is 2.11 bits per heavy atom. The Kier molecular flexibility index (Phi) is 5.03. The van der Waals surface area contributed by atoms with E-state index < -0.39 is 0 Å². The van der Waals surface area contributed by atoms with Gasteiger partial charge in [-0.25, -0.2) is 0 Å². The number of rotatable bonds is 6. The molecule has 27 heavy (non-hydrogen) atoms. The van der Waals surface area contributed by atoms with Crippen LogP contribution in [-0.4, -0.2) is 30.8 Å². The van der Waals surface area contributed by atoms with Crippen molar-refractivity contribution in [3.05, 3.63) is 59.2 Å². The molecule has 0 aromatic heterocycles. The van der Waals surface area contributed by atoms with Crippen LogP contribution in [0.4, 0.5) is 0 Å². The van der Waals surface area contributed by atoms with Crippen LogP contribution in [-0.2, 0) is 17.6 Å². The lowest BCUT2D eigenvalue weighted by Crippen LogP contribution is -2.41. The van der Waals surface area contributed by atoms with Crippen molar-refractivity contribution < 1.29 is 19.4 Å². The van der Waals surface area contributed by atoms with Gasteiger partial charge >= 0.3 is 0 Å². The topological polar surface area (TPSA) is 67.8 Å². The average molecular weight is 367 g/mol. The molecule has 2 N–H and O–H groups in total. The van der Waals surface area contributed by atoms with Gasteiger partial charge in [-0.05, 0) is 48.1 Å². The summed E-state index contributed by atoms with van der Waals surface area (Å²) in [6, 6.07) is 13.6. The van der Waals surface area contributed by atoms with Crippen LogP contribution < -0.4 is 14.8 Å². The van der Waals surface area contributed by atoms with E-state index in [4.69, 9.17) is 9.47 Å². The zero-order valence-corrected chi connectivity index (χ0v) is 15.5. The first-order chi connectivity index (χ1) is 13.1. The molecule has 0 spiro atoms. The predicted octanol–water partition coefficient (Wildman–Crippen LogP) is 2.80. The quantitative estimate of drug-likeness (QED) is 0.824. The summed E-state index contributed by atoms with van der Waals surface area (Å²) in [7, 11) is 1.61. The Hall–Kier alpha value is -2.53. The minimum Gasteiger partial charge on any atom is -0.496 e. The van der Waals surface area contributed by atoms with E-state index in [1.54, 1.807) is 7.11 Å². The fraction of sp³-hybridized carbons (Fsp3) is 0.409. The molecule has 1 aliphatic carbocycles. The molecule has 1 atom stereocenters. The van der Waals surface area contributed by atoms with Crippen LogP contribution in [0.1, 0.15) is 35.6 Å². The molecule has 2 aromatic carbocycles. The maximum Gasteiger partial charge on any atom is 0.225 e.